The number of anilines is 1. The van der Waals surface area contributed by atoms with Gasteiger partial charge in [-0.05, 0) is 88.0 Å². The van der Waals surface area contributed by atoms with E-state index in [1.165, 1.54) is 0 Å². The van der Waals surface area contributed by atoms with Crippen molar-refractivity contribution in [3.8, 4) is 11.9 Å². The van der Waals surface area contributed by atoms with Gasteiger partial charge in [0.25, 0.3) is 0 Å². The number of hydrogen-bond donors (Lipinski definition) is 3. The van der Waals surface area contributed by atoms with Crippen molar-refractivity contribution >= 4 is 23.4 Å². The predicted molar refractivity (Wildman–Crippen MR) is 121 cm³/mol. The fourth-order valence-corrected chi connectivity index (χ4v) is 6.75. The molecule has 1 heterocycles. The van der Waals surface area contributed by atoms with Crippen LogP contribution in [0.4, 0.5) is 5.95 Å². The van der Waals surface area contributed by atoms with Gasteiger partial charge in [0.05, 0.1) is 6.04 Å². The highest BCUT2D eigenvalue weighted by Gasteiger charge is 2.59. The highest BCUT2D eigenvalue weighted by Crippen LogP contribution is 2.61. The number of nitrogens with one attached hydrogen (secondary N) is 2. The van der Waals surface area contributed by atoms with E-state index in [1.807, 2.05) is 13.8 Å². The van der Waals surface area contributed by atoms with Crippen LogP contribution in [0.5, 0.6) is 5.75 Å². The number of amidine groups is 1. The number of hydrogen-bond acceptors (Lipinski definition) is 6. The first kappa shape index (κ1) is 21.1. The van der Waals surface area contributed by atoms with Crippen LogP contribution in [0.3, 0.4) is 0 Å². The van der Waals surface area contributed by atoms with Gasteiger partial charge >= 0.3 is 0 Å². The molecular weight excluding hydrogens is 426 g/mol. The Morgan fingerprint density at radius 2 is 1.91 bits per heavy atom. The maximum Gasteiger partial charge on any atom is 0.219 e. The van der Waals surface area contributed by atoms with Crippen LogP contribution in [0.25, 0.3) is 0 Å². The fourth-order valence-electron chi connectivity index (χ4n) is 6.62. The van der Waals surface area contributed by atoms with Crippen molar-refractivity contribution in [2.24, 2.45) is 17.8 Å². The average Bonchev–Trinajstić information content (AvgIpc) is 3.18. The number of ether oxygens (including phenoxy) is 1. The topological polar surface area (TPSA) is 128 Å². The number of nitrogen functional groups attached to an aromatic ring is 1. The van der Waals surface area contributed by atoms with Gasteiger partial charge in [0.15, 0.2) is 17.6 Å². The number of aromatic nitrogens is 3. The van der Waals surface area contributed by atoms with Crippen molar-refractivity contribution in [1.29, 1.82) is 10.7 Å². The van der Waals surface area contributed by atoms with E-state index >= 15 is 0 Å². The highest BCUT2D eigenvalue weighted by atomic mass is 35.5. The molecule has 4 aliphatic rings. The summed E-state index contributed by atoms with van der Waals surface area (Å²) in [4.78, 5) is 4.79. The molecule has 0 aliphatic heterocycles. The number of rotatable bonds is 5. The molecule has 1 aromatic carbocycles. The lowest BCUT2D eigenvalue weighted by atomic mass is 9.47. The molecule has 4 fully saturated rings. The molecule has 9 heteroatoms. The van der Waals surface area contributed by atoms with Crippen molar-refractivity contribution in [1.82, 2.24) is 20.1 Å². The molecule has 2 unspecified atom stereocenters. The summed E-state index contributed by atoms with van der Waals surface area (Å²) in [7, 11) is 0. The number of benzene rings is 1. The molecular formula is C23H28ClN7O. The lowest BCUT2D eigenvalue weighted by molar-refractivity contribution is -0.0572. The molecule has 2 aromatic rings. The minimum atomic E-state index is -0.963. The van der Waals surface area contributed by atoms with E-state index in [4.69, 9.17) is 27.5 Å². The summed E-state index contributed by atoms with van der Waals surface area (Å²) in [6.07, 6.45) is 7.46. The van der Waals surface area contributed by atoms with Crippen molar-refractivity contribution in [2.75, 3.05) is 5.73 Å². The minimum Gasteiger partial charge on any atom is -0.480 e. The summed E-state index contributed by atoms with van der Waals surface area (Å²) >= 11 is 5.98. The van der Waals surface area contributed by atoms with Crippen LogP contribution in [0.1, 0.15) is 51.8 Å². The molecule has 8 nitrogen and oxygen atoms in total. The summed E-state index contributed by atoms with van der Waals surface area (Å²) in [5.74, 6) is 3.30. The Labute approximate surface area is 192 Å². The van der Waals surface area contributed by atoms with E-state index in [9.17, 15) is 5.26 Å². The van der Waals surface area contributed by atoms with Gasteiger partial charge in [-0.1, -0.05) is 11.6 Å². The highest BCUT2D eigenvalue weighted by molar-refractivity contribution is 6.30. The Bertz CT molecular complexity index is 1060. The lowest BCUT2D eigenvalue weighted by Gasteiger charge is -2.60. The second kappa shape index (κ2) is 7.38. The molecule has 6 rings (SSSR count). The normalized spacial score (nSPS) is 30.7. The summed E-state index contributed by atoms with van der Waals surface area (Å²) in [6, 6.07) is 7.08. The van der Waals surface area contributed by atoms with Gasteiger partial charge in [-0.15, -0.1) is 10.2 Å². The van der Waals surface area contributed by atoms with E-state index in [0.29, 0.717) is 34.5 Å². The van der Waals surface area contributed by atoms with E-state index < -0.39 is 5.60 Å². The zero-order valence-electron chi connectivity index (χ0n) is 18.3. The van der Waals surface area contributed by atoms with Crippen LogP contribution in [0.2, 0.25) is 5.02 Å². The average molecular weight is 454 g/mol. The van der Waals surface area contributed by atoms with Gasteiger partial charge in [-0.2, -0.15) is 5.26 Å². The van der Waals surface area contributed by atoms with Crippen LogP contribution in [-0.2, 0) is 5.41 Å². The predicted octanol–water partition coefficient (Wildman–Crippen LogP) is 4.10. The lowest BCUT2D eigenvalue weighted by Crippen LogP contribution is -2.63. The number of aromatic amines is 1. The maximum absolute atomic E-state index is 10.1. The van der Waals surface area contributed by atoms with Crippen molar-refractivity contribution in [3.63, 3.8) is 0 Å². The van der Waals surface area contributed by atoms with Crippen LogP contribution >= 0.6 is 11.6 Å². The van der Waals surface area contributed by atoms with Gasteiger partial charge < -0.3 is 15.5 Å². The molecule has 0 radical (unpaired) electrons. The number of halogens is 1. The third-order valence-corrected chi connectivity index (χ3v) is 7.89. The standard InChI is InChI=1S/C23H28ClN7O/c1-22(2,32-17-5-3-16(24)4-6-17)19(26)31(12-25)18-14-7-13-8-15(18)11-23(9-13,10-14)20-28-21(27)30-29-20/h3-6,13-15,18,26H,7-11H2,1-2H3,(H3,27,28,29,30). The molecule has 2 atom stereocenters. The second-order valence-electron chi connectivity index (χ2n) is 10.2. The maximum atomic E-state index is 10.1. The van der Waals surface area contributed by atoms with Gasteiger partial charge in [0.2, 0.25) is 5.95 Å². The summed E-state index contributed by atoms with van der Waals surface area (Å²) in [5, 5.41) is 28.1. The monoisotopic (exact) mass is 453 g/mol. The van der Waals surface area contributed by atoms with Crippen molar-refractivity contribution < 1.29 is 4.74 Å². The molecule has 4 saturated carbocycles. The SMILES string of the molecule is CC(C)(Oc1ccc(Cl)cc1)C(=N)N(C#N)C1C2CC3CC1CC(c1nnc(N)[nH]1)(C3)C2. The third kappa shape index (κ3) is 3.39. The Hall–Kier alpha value is -2.79. The quantitative estimate of drug-likeness (QED) is 0.270. The molecule has 32 heavy (non-hydrogen) atoms. The number of nitriles is 1. The molecule has 4 aliphatic carbocycles. The van der Waals surface area contributed by atoms with E-state index in [2.05, 4.69) is 21.4 Å². The number of nitrogens with two attached hydrogens (primary N) is 1. The second-order valence-corrected chi connectivity index (χ2v) is 10.6. The van der Waals surface area contributed by atoms with E-state index in [-0.39, 0.29) is 17.3 Å². The Morgan fingerprint density at radius 3 is 2.47 bits per heavy atom. The molecule has 1 aromatic heterocycles. The summed E-state index contributed by atoms with van der Waals surface area (Å²) in [5.41, 5.74) is 4.82. The van der Waals surface area contributed by atoms with E-state index in [0.717, 1.165) is 37.9 Å². The summed E-state index contributed by atoms with van der Waals surface area (Å²) in [6.45, 7) is 3.67. The van der Waals surface area contributed by atoms with Crippen molar-refractivity contribution in [2.45, 2.75) is 63.0 Å². The first-order chi connectivity index (χ1) is 15.2. The smallest absolute Gasteiger partial charge is 0.219 e. The minimum absolute atomic E-state index is 0.00513. The summed E-state index contributed by atoms with van der Waals surface area (Å²) < 4.78 is 6.12. The first-order valence-corrected chi connectivity index (χ1v) is 11.5. The zero-order chi connectivity index (χ0) is 22.7. The number of nitrogens with zero attached hydrogens (tertiary/aromatic N) is 4. The van der Waals surface area contributed by atoms with Gasteiger partial charge in [-0.3, -0.25) is 10.3 Å². The van der Waals surface area contributed by atoms with Crippen LogP contribution < -0.4 is 10.5 Å². The molecule has 168 valence electrons. The Balaban J connectivity index is 1.39. The van der Waals surface area contributed by atoms with E-state index in [1.54, 1.807) is 29.2 Å². The van der Waals surface area contributed by atoms with Crippen LogP contribution in [0.15, 0.2) is 24.3 Å². The molecule has 0 spiro atoms. The number of H-pyrrole nitrogens is 1. The van der Waals surface area contributed by atoms with Gasteiger partial charge in [-0.25, -0.2) is 0 Å². The molecule has 0 saturated heterocycles. The Morgan fingerprint density at radius 1 is 1.25 bits per heavy atom. The molecule has 0 amide bonds. The van der Waals surface area contributed by atoms with Gasteiger partial charge in [0.1, 0.15) is 11.6 Å². The largest absolute Gasteiger partial charge is 0.480 e. The first-order valence-electron chi connectivity index (χ1n) is 11.1. The van der Waals surface area contributed by atoms with Gasteiger partial charge in [0, 0.05) is 10.4 Å². The molecule has 4 bridgehead atoms. The zero-order valence-corrected chi connectivity index (χ0v) is 19.1. The molecule has 4 N–H and O–H groups in total. The third-order valence-electron chi connectivity index (χ3n) is 7.63. The fraction of sp³-hybridized carbons (Fsp3) is 0.565. The van der Waals surface area contributed by atoms with Crippen LogP contribution in [-0.4, -0.2) is 37.6 Å². The van der Waals surface area contributed by atoms with Crippen LogP contribution in [0, 0.1) is 34.6 Å². The Kier molecular flexibility index (Phi) is 4.86. The van der Waals surface area contributed by atoms with Crippen molar-refractivity contribution in [3.05, 3.63) is 35.1 Å².